The summed E-state index contributed by atoms with van der Waals surface area (Å²) in [6.45, 7) is 0. The van der Waals surface area contributed by atoms with Crippen LogP contribution in [0.1, 0.15) is 11.5 Å². The summed E-state index contributed by atoms with van der Waals surface area (Å²) in [5.74, 6) is -2.63. The molecule has 2 aromatic carbocycles. The Labute approximate surface area is 193 Å². The van der Waals surface area contributed by atoms with Gasteiger partial charge in [-0.3, -0.25) is 10.00 Å². The van der Waals surface area contributed by atoms with Crippen LogP contribution in [0.2, 0.25) is 5.02 Å². The second-order valence-corrected chi connectivity index (χ2v) is 7.47. The highest BCUT2D eigenvalue weighted by molar-refractivity contribution is 6.35. The molecule has 0 spiro atoms. The first-order chi connectivity index (χ1) is 15.9. The summed E-state index contributed by atoms with van der Waals surface area (Å²) in [4.78, 5) is 27.5. The first-order valence-electron chi connectivity index (χ1n) is 9.71. The predicted octanol–water partition coefficient (Wildman–Crippen LogP) is 3.11. The van der Waals surface area contributed by atoms with E-state index in [2.05, 4.69) is 16.3 Å². The van der Waals surface area contributed by atoms with Gasteiger partial charge in [0.1, 0.15) is 11.5 Å². The van der Waals surface area contributed by atoms with Gasteiger partial charge in [0, 0.05) is 5.39 Å². The lowest BCUT2D eigenvalue weighted by Crippen LogP contribution is -2.40. The summed E-state index contributed by atoms with van der Waals surface area (Å²) in [5, 5.41) is 17.9. The van der Waals surface area contributed by atoms with E-state index in [1.807, 2.05) is 0 Å². The zero-order valence-electron chi connectivity index (χ0n) is 17.6. The number of nitrogens with one attached hydrogen (secondary N) is 1. The van der Waals surface area contributed by atoms with E-state index in [0.717, 1.165) is 0 Å². The largest absolute Gasteiger partial charge is 0.466 e. The molecule has 0 bridgehead atoms. The molecular weight excluding hydrogens is 446 g/mol. The average molecular weight is 464 g/mol. The number of aromatic nitrogens is 2. The Morgan fingerprint density at radius 2 is 1.85 bits per heavy atom. The number of ether oxygens (including phenoxy) is 2. The molecule has 0 saturated carbocycles. The Balaban J connectivity index is 2.12. The molecule has 3 N–H and O–H groups in total. The molecule has 0 amide bonds. The summed E-state index contributed by atoms with van der Waals surface area (Å²) >= 11 is 6.28. The van der Waals surface area contributed by atoms with Crippen LogP contribution < -0.4 is 10.6 Å². The second-order valence-electron chi connectivity index (χ2n) is 7.06. The molecule has 1 aliphatic rings. The fourth-order valence-electron chi connectivity index (χ4n) is 3.94. The van der Waals surface area contributed by atoms with Gasteiger partial charge in [-0.2, -0.15) is 10.4 Å². The van der Waals surface area contributed by atoms with E-state index < -0.39 is 17.9 Å². The number of hydrogen-bond acceptors (Lipinski definition) is 8. The zero-order chi connectivity index (χ0) is 23.7. The number of rotatable bonds is 4. The Morgan fingerprint density at radius 3 is 2.48 bits per heavy atom. The lowest BCUT2D eigenvalue weighted by atomic mass is 9.81. The Kier molecular flexibility index (Phi) is 5.77. The molecule has 33 heavy (non-hydrogen) atoms. The number of hydrogen-bond donors (Lipinski definition) is 2. The molecule has 1 atom stereocenters. The van der Waals surface area contributed by atoms with Crippen LogP contribution in [0.4, 0.5) is 5.69 Å². The van der Waals surface area contributed by atoms with Crippen molar-refractivity contribution in [3.63, 3.8) is 0 Å². The van der Waals surface area contributed by atoms with Gasteiger partial charge in [-0.15, -0.1) is 0 Å². The van der Waals surface area contributed by atoms with E-state index >= 15 is 0 Å². The summed E-state index contributed by atoms with van der Waals surface area (Å²) in [5.41, 5.74) is 7.70. The number of benzene rings is 2. The number of fused-ring (bicyclic) bond motifs is 1. The van der Waals surface area contributed by atoms with Gasteiger partial charge >= 0.3 is 11.9 Å². The third-order valence-electron chi connectivity index (χ3n) is 5.39. The topological polar surface area (TPSA) is 134 Å². The van der Waals surface area contributed by atoms with Gasteiger partial charge in [0.15, 0.2) is 0 Å². The Morgan fingerprint density at radius 1 is 1.15 bits per heavy atom. The quantitative estimate of drug-likeness (QED) is 0.563. The lowest BCUT2D eigenvalue weighted by molar-refractivity contribution is -0.139. The Bertz CT molecular complexity index is 1370. The number of nitriles is 1. The van der Waals surface area contributed by atoms with E-state index in [0.29, 0.717) is 27.2 Å². The number of nitrogens with two attached hydrogens (primary N) is 1. The molecule has 1 aromatic heterocycles. The number of esters is 2. The number of allylic oxidation sites excluding steroid dienone is 1. The molecule has 1 unspecified atom stereocenters. The van der Waals surface area contributed by atoms with Crippen molar-refractivity contribution in [2.75, 3.05) is 19.1 Å². The number of aromatic amines is 1. The minimum absolute atomic E-state index is 0.0439. The number of carbonyl (C=O) groups excluding carboxylic acids is 2. The first kappa shape index (κ1) is 21.9. The molecule has 0 saturated heterocycles. The summed E-state index contributed by atoms with van der Waals surface area (Å²) in [6, 6.07) is 14.1. The number of methoxy groups -OCH3 is 2. The van der Waals surface area contributed by atoms with Gasteiger partial charge in [0.25, 0.3) is 0 Å². The molecular formula is C23H18ClN5O4. The van der Waals surface area contributed by atoms with Crippen molar-refractivity contribution in [3.05, 3.63) is 81.9 Å². The van der Waals surface area contributed by atoms with Gasteiger partial charge in [-0.05, 0) is 17.7 Å². The summed E-state index contributed by atoms with van der Waals surface area (Å²) in [7, 11) is 2.38. The molecule has 4 rings (SSSR count). The molecule has 0 radical (unpaired) electrons. The maximum atomic E-state index is 13.1. The highest BCUT2D eigenvalue weighted by Gasteiger charge is 2.43. The molecule has 9 nitrogen and oxygen atoms in total. The van der Waals surface area contributed by atoms with Crippen LogP contribution in [0, 0.1) is 11.3 Å². The Hall–Kier alpha value is -4.29. The molecule has 166 valence electrons. The normalized spacial score (nSPS) is 16.1. The second kappa shape index (κ2) is 8.68. The van der Waals surface area contributed by atoms with Crippen LogP contribution >= 0.6 is 11.6 Å². The molecule has 1 aliphatic heterocycles. The van der Waals surface area contributed by atoms with Gasteiger partial charge in [0.05, 0.1) is 59.8 Å². The smallest absolute Gasteiger partial charge is 0.355 e. The van der Waals surface area contributed by atoms with Crippen molar-refractivity contribution in [1.82, 2.24) is 10.2 Å². The van der Waals surface area contributed by atoms with E-state index in [1.165, 1.54) is 25.3 Å². The zero-order valence-corrected chi connectivity index (χ0v) is 18.4. The highest BCUT2D eigenvalue weighted by Crippen LogP contribution is 2.44. The van der Waals surface area contributed by atoms with Gasteiger partial charge < -0.3 is 15.2 Å². The molecule has 0 aliphatic carbocycles. The van der Waals surface area contributed by atoms with E-state index in [4.69, 9.17) is 26.8 Å². The number of anilines is 1. The van der Waals surface area contributed by atoms with Crippen molar-refractivity contribution in [2.24, 2.45) is 5.73 Å². The average Bonchev–Trinajstić information content (AvgIpc) is 3.34. The van der Waals surface area contributed by atoms with Crippen LogP contribution in [-0.2, 0) is 19.1 Å². The summed E-state index contributed by atoms with van der Waals surface area (Å²) < 4.78 is 10.1. The van der Waals surface area contributed by atoms with Crippen LogP contribution in [0.15, 0.2) is 71.3 Å². The molecule has 10 heteroatoms. The third kappa shape index (κ3) is 3.46. The van der Waals surface area contributed by atoms with Crippen molar-refractivity contribution in [3.8, 4) is 6.07 Å². The van der Waals surface area contributed by atoms with Gasteiger partial charge in [-0.25, -0.2) is 9.59 Å². The van der Waals surface area contributed by atoms with Gasteiger partial charge in [0.2, 0.25) is 0 Å². The number of halogens is 1. The van der Waals surface area contributed by atoms with Gasteiger partial charge in [-0.1, -0.05) is 41.9 Å². The van der Waals surface area contributed by atoms with Crippen LogP contribution in [0.3, 0.4) is 0 Å². The van der Waals surface area contributed by atoms with E-state index in [-0.39, 0.29) is 22.7 Å². The van der Waals surface area contributed by atoms with Crippen LogP contribution in [0.5, 0.6) is 0 Å². The summed E-state index contributed by atoms with van der Waals surface area (Å²) in [6.07, 6.45) is 1.52. The maximum Gasteiger partial charge on any atom is 0.355 e. The van der Waals surface area contributed by atoms with Crippen molar-refractivity contribution >= 4 is 40.1 Å². The molecule has 2 heterocycles. The minimum atomic E-state index is -0.946. The fraction of sp³-hybridized carbons (Fsp3) is 0.130. The van der Waals surface area contributed by atoms with Crippen molar-refractivity contribution in [1.29, 1.82) is 5.26 Å². The predicted molar refractivity (Wildman–Crippen MR) is 121 cm³/mol. The van der Waals surface area contributed by atoms with E-state index in [1.54, 1.807) is 42.5 Å². The van der Waals surface area contributed by atoms with E-state index in [9.17, 15) is 14.9 Å². The lowest BCUT2D eigenvalue weighted by Gasteiger charge is -2.36. The maximum absolute atomic E-state index is 13.1. The third-order valence-corrected chi connectivity index (χ3v) is 5.72. The SMILES string of the molecule is COC(=O)C1=C(C(=O)OC)N(c2ccc(Cl)c3cn[nH]c23)C(N)=C(C#N)C1c1ccccc1. The minimum Gasteiger partial charge on any atom is -0.466 e. The number of H-pyrrole nitrogens is 1. The van der Waals surface area contributed by atoms with Crippen molar-refractivity contribution < 1.29 is 19.1 Å². The van der Waals surface area contributed by atoms with Crippen LogP contribution in [0.25, 0.3) is 10.9 Å². The molecule has 3 aromatic rings. The fourth-order valence-corrected chi connectivity index (χ4v) is 4.14. The van der Waals surface area contributed by atoms with Crippen LogP contribution in [-0.4, -0.2) is 36.4 Å². The first-order valence-corrected chi connectivity index (χ1v) is 10.1. The number of carbonyl (C=O) groups is 2. The van der Waals surface area contributed by atoms with Crippen molar-refractivity contribution in [2.45, 2.75) is 5.92 Å². The standard InChI is InChI=1S/C23H18ClN5O4/c1-32-22(30)18-17(12-6-4-3-5-7-12)13(10-25)21(26)29(20(18)23(31)33-2)16-9-8-15(24)14-11-27-28-19(14)16/h3-9,11,17H,26H2,1-2H3,(H,27,28). The highest BCUT2D eigenvalue weighted by atomic mass is 35.5. The number of nitrogens with zero attached hydrogens (tertiary/aromatic N) is 3. The monoisotopic (exact) mass is 463 g/mol. The molecule has 0 fully saturated rings.